The molecule has 0 radical (unpaired) electrons. The van der Waals surface area contributed by atoms with Crippen LogP contribution in [0, 0.1) is 17.3 Å². The summed E-state index contributed by atoms with van der Waals surface area (Å²) in [5, 5.41) is 11.4. The first-order valence-corrected chi connectivity index (χ1v) is 16.2. The van der Waals surface area contributed by atoms with E-state index in [-0.39, 0.29) is 37.8 Å². The number of alkyl halides is 3. The summed E-state index contributed by atoms with van der Waals surface area (Å²) in [4.78, 5) is 43.6. The molecule has 0 aromatic heterocycles. The normalized spacial score (nSPS) is 24.6. The SMILES string of the molecule is COc1ccc(COC(=O)[C@@]2(C)CCCC[C@H]2C(=O)N2CCc3c(Cl)ccc(O)c3[C@H]2CCN2CC(C(F)(F)F)CC2=O)c(OC)c1. The van der Waals surface area contributed by atoms with Crippen LogP contribution in [-0.4, -0.2) is 72.7 Å². The third-order valence-corrected chi connectivity index (χ3v) is 10.4. The number of hydrogen-bond donors (Lipinski definition) is 1. The zero-order valence-electron chi connectivity index (χ0n) is 26.7. The van der Waals surface area contributed by atoms with E-state index in [1.54, 1.807) is 36.1 Å². The van der Waals surface area contributed by atoms with E-state index in [1.807, 2.05) is 0 Å². The molecule has 1 saturated carbocycles. The molecule has 47 heavy (non-hydrogen) atoms. The van der Waals surface area contributed by atoms with Gasteiger partial charge in [-0.25, -0.2) is 0 Å². The van der Waals surface area contributed by atoms with Gasteiger partial charge in [0.2, 0.25) is 11.8 Å². The second-order valence-corrected chi connectivity index (χ2v) is 13.2. The Balaban J connectivity index is 1.39. The molecule has 2 aromatic rings. The molecular formula is C34H40ClF3N2O7. The van der Waals surface area contributed by atoms with Crippen molar-refractivity contribution in [3.05, 3.63) is 52.0 Å². The summed E-state index contributed by atoms with van der Waals surface area (Å²) in [7, 11) is 3.04. The smallest absolute Gasteiger partial charge is 0.394 e. The Morgan fingerprint density at radius 2 is 1.89 bits per heavy atom. The number of rotatable bonds is 9. The number of amides is 2. The number of phenolic OH excluding ortho intramolecular Hbond substituents is 1. The van der Waals surface area contributed by atoms with Crippen molar-refractivity contribution in [3.8, 4) is 17.2 Å². The van der Waals surface area contributed by atoms with Crippen LogP contribution in [0.2, 0.25) is 5.02 Å². The van der Waals surface area contributed by atoms with Crippen molar-refractivity contribution in [2.45, 2.75) is 70.7 Å². The van der Waals surface area contributed by atoms with Crippen LogP contribution >= 0.6 is 11.6 Å². The highest BCUT2D eigenvalue weighted by Crippen LogP contribution is 2.47. The number of carbonyl (C=O) groups is 3. The summed E-state index contributed by atoms with van der Waals surface area (Å²) in [6, 6.07) is 7.38. The fraction of sp³-hybridized carbons (Fsp3) is 0.559. The predicted octanol–water partition coefficient (Wildman–Crippen LogP) is 6.23. The van der Waals surface area contributed by atoms with Crippen molar-refractivity contribution in [2.24, 2.45) is 17.3 Å². The molecule has 2 amide bonds. The minimum Gasteiger partial charge on any atom is -0.508 e. The van der Waals surface area contributed by atoms with Crippen LogP contribution in [-0.2, 0) is 32.1 Å². The standard InChI is InChI=1S/C34H40ClF3N2O7/c1-33(32(44)47-19-20-7-8-22(45-2)17-28(20)46-3)13-5-4-6-24(33)31(43)40-15-11-23-25(35)9-10-27(41)30(23)26(40)12-14-39-18-21(16-29(39)42)34(36,37)38/h7-10,17,21,24,26,41H,4-6,11-16,18-19H2,1-3H3/t21?,24-,26+,33-/m0/s1. The van der Waals surface area contributed by atoms with Crippen LogP contribution in [0.5, 0.6) is 17.2 Å². The average molecular weight is 681 g/mol. The third kappa shape index (κ3) is 6.98. The lowest BCUT2D eigenvalue weighted by Crippen LogP contribution is -2.51. The van der Waals surface area contributed by atoms with Gasteiger partial charge in [-0.2, -0.15) is 13.2 Å². The van der Waals surface area contributed by atoms with Crippen LogP contribution in [0.4, 0.5) is 13.2 Å². The molecule has 1 N–H and O–H groups in total. The Bertz CT molecular complexity index is 1520. The number of halogens is 4. The summed E-state index contributed by atoms with van der Waals surface area (Å²) < 4.78 is 56.7. The summed E-state index contributed by atoms with van der Waals surface area (Å²) >= 11 is 6.50. The highest BCUT2D eigenvalue weighted by atomic mass is 35.5. The van der Waals surface area contributed by atoms with Gasteiger partial charge in [0.1, 0.15) is 23.9 Å². The van der Waals surface area contributed by atoms with Crippen LogP contribution in [0.3, 0.4) is 0 Å². The number of fused-ring (bicyclic) bond motifs is 1. The molecule has 0 bridgehead atoms. The van der Waals surface area contributed by atoms with Gasteiger partial charge in [0.25, 0.3) is 0 Å². The number of hydrogen-bond acceptors (Lipinski definition) is 7. The zero-order valence-corrected chi connectivity index (χ0v) is 27.5. The van der Waals surface area contributed by atoms with Crippen molar-refractivity contribution in [3.63, 3.8) is 0 Å². The Labute approximate surface area is 276 Å². The number of carbonyl (C=O) groups excluding carboxylic acids is 3. The molecule has 4 atom stereocenters. The van der Waals surface area contributed by atoms with E-state index in [0.29, 0.717) is 52.5 Å². The van der Waals surface area contributed by atoms with Gasteiger partial charge in [0, 0.05) is 48.3 Å². The average Bonchev–Trinajstić information content (AvgIpc) is 3.44. The molecule has 2 aliphatic heterocycles. The van der Waals surface area contributed by atoms with Gasteiger partial charge in [0.15, 0.2) is 0 Å². The van der Waals surface area contributed by atoms with Gasteiger partial charge in [-0.15, -0.1) is 0 Å². The van der Waals surface area contributed by atoms with Gasteiger partial charge in [-0.3, -0.25) is 14.4 Å². The number of esters is 1. The fourth-order valence-corrected chi connectivity index (χ4v) is 7.56. The first-order chi connectivity index (χ1) is 22.3. The van der Waals surface area contributed by atoms with Crippen LogP contribution in [0.25, 0.3) is 0 Å². The Hall–Kier alpha value is -3.67. The largest absolute Gasteiger partial charge is 0.508 e. The third-order valence-electron chi connectivity index (χ3n) is 10.0. The highest BCUT2D eigenvalue weighted by Gasteiger charge is 2.51. The van der Waals surface area contributed by atoms with E-state index in [4.69, 9.17) is 25.8 Å². The second kappa shape index (κ2) is 13.8. The van der Waals surface area contributed by atoms with E-state index in [0.717, 1.165) is 12.8 Å². The van der Waals surface area contributed by atoms with E-state index < -0.39 is 54.3 Å². The van der Waals surface area contributed by atoms with Gasteiger partial charge in [-0.05, 0) is 62.4 Å². The van der Waals surface area contributed by atoms with Gasteiger partial charge in [-0.1, -0.05) is 24.4 Å². The molecule has 1 unspecified atom stereocenters. The first kappa shape index (κ1) is 34.7. The molecule has 2 fully saturated rings. The number of nitrogens with zero attached hydrogens (tertiary/aromatic N) is 2. The zero-order chi connectivity index (χ0) is 34.1. The summed E-state index contributed by atoms with van der Waals surface area (Å²) in [5.74, 6) is -2.93. The van der Waals surface area contributed by atoms with Gasteiger partial charge in [0.05, 0.1) is 37.5 Å². The van der Waals surface area contributed by atoms with E-state index >= 15 is 0 Å². The van der Waals surface area contributed by atoms with Crippen LogP contribution in [0.15, 0.2) is 30.3 Å². The Morgan fingerprint density at radius 1 is 1.13 bits per heavy atom. The van der Waals surface area contributed by atoms with E-state index in [9.17, 15) is 32.7 Å². The minimum atomic E-state index is -4.49. The molecule has 1 aliphatic carbocycles. The lowest BCUT2D eigenvalue weighted by molar-refractivity contribution is -0.171. The molecule has 256 valence electrons. The Morgan fingerprint density at radius 3 is 2.57 bits per heavy atom. The number of ether oxygens (including phenoxy) is 3. The molecule has 1 saturated heterocycles. The molecule has 5 rings (SSSR count). The maximum Gasteiger partial charge on any atom is 0.394 e. The lowest BCUT2D eigenvalue weighted by Gasteiger charge is -2.45. The molecule has 13 heteroatoms. The minimum absolute atomic E-state index is 0.0427. The lowest BCUT2D eigenvalue weighted by atomic mass is 9.66. The highest BCUT2D eigenvalue weighted by molar-refractivity contribution is 6.31. The monoisotopic (exact) mass is 680 g/mol. The number of benzene rings is 2. The van der Waals surface area contributed by atoms with E-state index in [2.05, 4.69) is 0 Å². The number of likely N-dealkylation sites (tertiary alicyclic amines) is 1. The topological polar surface area (TPSA) is 106 Å². The fourth-order valence-electron chi connectivity index (χ4n) is 7.30. The predicted molar refractivity (Wildman–Crippen MR) is 166 cm³/mol. The maximum absolute atomic E-state index is 14.5. The van der Waals surface area contributed by atoms with Gasteiger partial charge >= 0.3 is 12.1 Å². The molecular weight excluding hydrogens is 641 g/mol. The van der Waals surface area contributed by atoms with Crippen molar-refractivity contribution < 1.29 is 46.9 Å². The molecule has 9 nitrogen and oxygen atoms in total. The van der Waals surface area contributed by atoms with Crippen LogP contribution in [0.1, 0.15) is 68.2 Å². The van der Waals surface area contributed by atoms with Crippen molar-refractivity contribution in [1.82, 2.24) is 9.80 Å². The maximum atomic E-state index is 14.5. The molecule has 2 aromatic carbocycles. The van der Waals surface area contributed by atoms with Crippen molar-refractivity contribution in [1.29, 1.82) is 0 Å². The summed E-state index contributed by atoms with van der Waals surface area (Å²) in [5.41, 5.74) is 0.554. The summed E-state index contributed by atoms with van der Waals surface area (Å²) in [6.07, 6.45) is -2.37. The van der Waals surface area contributed by atoms with Crippen LogP contribution < -0.4 is 9.47 Å². The van der Waals surface area contributed by atoms with E-state index in [1.165, 1.54) is 25.2 Å². The van der Waals surface area contributed by atoms with Crippen molar-refractivity contribution in [2.75, 3.05) is 33.9 Å². The summed E-state index contributed by atoms with van der Waals surface area (Å²) in [6.45, 7) is 1.40. The quantitative estimate of drug-likeness (QED) is 0.313. The number of aromatic hydroxyl groups is 1. The van der Waals surface area contributed by atoms with Crippen molar-refractivity contribution >= 4 is 29.4 Å². The first-order valence-electron chi connectivity index (χ1n) is 15.8. The molecule has 2 heterocycles. The number of phenols is 1. The second-order valence-electron chi connectivity index (χ2n) is 12.8. The molecule has 0 spiro atoms. The Kier molecular flexibility index (Phi) is 10.2. The molecule has 3 aliphatic rings. The number of methoxy groups -OCH3 is 2. The van der Waals surface area contributed by atoms with Gasteiger partial charge < -0.3 is 29.1 Å².